The second-order valence-electron chi connectivity index (χ2n) is 7.32. The summed E-state index contributed by atoms with van der Waals surface area (Å²) in [5, 5.41) is 7.76. The molecule has 0 amide bonds. The van der Waals surface area contributed by atoms with Crippen molar-refractivity contribution in [1.82, 2.24) is 15.1 Å². The van der Waals surface area contributed by atoms with Gasteiger partial charge in [-0.3, -0.25) is 10.00 Å². The lowest BCUT2D eigenvalue weighted by Crippen LogP contribution is -2.21. The zero-order chi connectivity index (χ0) is 19.9. The zero-order valence-electron chi connectivity index (χ0n) is 17.0. The summed E-state index contributed by atoms with van der Waals surface area (Å²) >= 11 is 0. The van der Waals surface area contributed by atoms with E-state index in [4.69, 9.17) is 4.74 Å². The molecule has 6 nitrogen and oxygen atoms in total. The Morgan fingerprint density at radius 1 is 1.29 bits per heavy atom. The lowest BCUT2D eigenvalue weighted by atomic mass is 9.96. The minimum Gasteiger partial charge on any atom is -0.497 e. The molecule has 1 N–H and O–H groups in total. The van der Waals surface area contributed by atoms with Gasteiger partial charge >= 0.3 is 0 Å². The molecule has 3 rings (SSSR count). The molecule has 148 valence electrons. The number of aromatic nitrogens is 2. The number of nitrogens with zero attached hydrogens (tertiary/aromatic N) is 4. The molecule has 0 radical (unpaired) electrons. The number of benzene rings is 1. The highest BCUT2D eigenvalue weighted by Crippen LogP contribution is 2.23. The number of methoxy groups -OCH3 is 1. The summed E-state index contributed by atoms with van der Waals surface area (Å²) in [6, 6.07) is 7.65. The summed E-state index contributed by atoms with van der Waals surface area (Å²) in [6.45, 7) is 7.38. The summed E-state index contributed by atoms with van der Waals surface area (Å²) in [7, 11) is 3.76. The van der Waals surface area contributed by atoms with Crippen molar-refractivity contribution < 1.29 is 4.74 Å². The Balaban J connectivity index is 1.62. The molecule has 0 bridgehead atoms. The first-order chi connectivity index (χ1) is 13.6. The van der Waals surface area contributed by atoms with Crippen LogP contribution in [0.25, 0.3) is 0 Å². The summed E-state index contributed by atoms with van der Waals surface area (Å²) in [4.78, 5) is 10.8. The van der Waals surface area contributed by atoms with Gasteiger partial charge in [0.25, 0.3) is 0 Å². The summed E-state index contributed by atoms with van der Waals surface area (Å²) in [5.74, 6) is 1.41. The molecule has 1 aromatic carbocycles. The van der Waals surface area contributed by atoms with Gasteiger partial charge in [0.1, 0.15) is 5.75 Å². The van der Waals surface area contributed by atoms with Crippen molar-refractivity contribution in [3.05, 3.63) is 58.6 Å². The number of likely N-dealkylation sites (N-methyl/N-ethyl adjacent to an activating group) is 1. The molecule has 0 aliphatic heterocycles. The number of amidine groups is 1. The lowest BCUT2D eigenvalue weighted by molar-refractivity contribution is 0.348. The van der Waals surface area contributed by atoms with Crippen LogP contribution in [-0.2, 0) is 19.4 Å². The molecule has 6 heteroatoms. The van der Waals surface area contributed by atoms with Crippen molar-refractivity contribution in [3.8, 4) is 5.75 Å². The third-order valence-corrected chi connectivity index (χ3v) is 4.99. The number of hydrogen-bond acceptors (Lipinski definition) is 4. The number of rotatable bonds is 7. The number of ether oxygens (including phenoxy) is 1. The maximum Gasteiger partial charge on any atom is 0.158 e. The largest absolute Gasteiger partial charge is 0.497 e. The van der Waals surface area contributed by atoms with E-state index in [0.29, 0.717) is 5.84 Å². The third kappa shape index (κ3) is 4.95. The fourth-order valence-corrected chi connectivity index (χ4v) is 3.58. The van der Waals surface area contributed by atoms with E-state index < -0.39 is 0 Å². The molecule has 0 unspecified atom stereocenters. The Hall–Kier alpha value is -2.73. The van der Waals surface area contributed by atoms with Gasteiger partial charge in [0.05, 0.1) is 12.8 Å². The first-order valence-corrected chi connectivity index (χ1v) is 9.69. The molecule has 0 saturated heterocycles. The van der Waals surface area contributed by atoms with Crippen molar-refractivity contribution in [3.63, 3.8) is 0 Å². The van der Waals surface area contributed by atoms with Crippen molar-refractivity contribution in [2.75, 3.05) is 20.7 Å². The molecule has 1 aromatic heterocycles. The first-order valence-electron chi connectivity index (χ1n) is 9.69. The molecular weight excluding hydrogens is 350 g/mol. The molecule has 0 fully saturated rings. The lowest BCUT2D eigenvalue weighted by Gasteiger charge is -2.17. The fourth-order valence-electron chi connectivity index (χ4n) is 3.58. The first kappa shape index (κ1) is 20.0. The molecule has 2 aromatic rings. The van der Waals surface area contributed by atoms with Crippen LogP contribution in [0.2, 0.25) is 0 Å². The van der Waals surface area contributed by atoms with E-state index in [1.807, 2.05) is 30.5 Å². The van der Waals surface area contributed by atoms with Crippen LogP contribution in [0, 0.1) is 0 Å². The van der Waals surface area contributed by atoms with E-state index >= 15 is 0 Å². The highest BCUT2D eigenvalue weighted by molar-refractivity contribution is 6.01. The molecule has 1 aliphatic rings. The zero-order valence-corrected chi connectivity index (χ0v) is 17.0. The Morgan fingerprint density at radius 2 is 2.04 bits per heavy atom. The van der Waals surface area contributed by atoms with Crippen LogP contribution in [0.1, 0.15) is 42.3 Å². The van der Waals surface area contributed by atoms with Gasteiger partial charge in [-0.05, 0) is 81.8 Å². The molecule has 28 heavy (non-hydrogen) atoms. The van der Waals surface area contributed by atoms with E-state index in [2.05, 4.69) is 45.8 Å². The number of aromatic amines is 1. The van der Waals surface area contributed by atoms with E-state index in [1.165, 1.54) is 29.8 Å². The molecule has 0 atom stereocenters. The average Bonchev–Trinajstić information content (AvgIpc) is 3.11. The van der Waals surface area contributed by atoms with E-state index in [-0.39, 0.29) is 0 Å². The van der Waals surface area contributed by atoms with Crippen molar-refractivity contribution in [2.24, 2.45) is 9.98 Å². The van der Waals surface area contributed by atoms with Crippen LogP contribution >= 0.6 is 0 Å². The van der Waals surface area contributed by atoms with E-state index in [0.717, 1.165) is 42.8 Å². The van der Waals surface area contributed by atoms with Crippen LogP contribution in [0.3, 0.4) is 0 Å². The number of aliphatic imine (C=N–C) groups is 2. The van der Waals surface area contributed by atoms with Gasteiger partial charge < -0.3 is 4.74 Å². The minimum atomic E-state index is 0.603. The Morgan fingerprint density at radius 3 is 2.75 bits per heavy atom. The SMILES string of the molecule is C=NC(=N/C=C(\C)CN(C)Cc1n[nH]c2c1CCCC2)c1ccc(OC)cc1. The van der Waals surface area contributed by atoms with Gasteiger partial charge in [0.2, 0.25) is 0 Å². The number of aryl methyl sites for hydroxylation is 1. The Bertz CT molecular complexity index is 864. The minimum absolute atomic E-state index is 0.603. The third-order valence-electron chi connectivity index (χ3n) is 4.99. The number of H-pyrrole nitrogens is 1. The molecule has 1 heterocycles. The number of hydrogen-bond donors (Lipinski definition) is 1. The van der Waals surface area contributed by atoms with Crippen LogP contribution < -0.4 is 4.74 Å². The van der Waals surface area contributed by atoms with Crippen molar-refractivity contribution in [2.45, 2.75) is 39.2 Å². The van der Waals surface area contributed by atoms with Crippen molar-refractivity contribution >= 4 is 12.6 Å². The number of fused-ring (bicyclic) bond motifs is 1. The fraction of sp³-hybridized carbons (Fsp3) is 0.409. The normalized spacial score (nSPS) is 14.9. The quantitative estimate of drug-likeness (QED) is 0.588. The average molecular weight is 380 g/mol. The predicted molar refractivity (Wildman–Crippen MR) is 114 cm³/mol. The van der Waals surface area contributed by atoms with E-state index in [9.17, 15) is 0 Å². The maximum absolute atomic E-state index is 5.19. The maximum atomic E-state index is 5.19. The van der Waals surface area contributed by atoms with Gasteiger partial charge in [-0.1, -0.05) is 0 Å². The van der Waals surface area contributed by atoms with Gasteiger partial charge in [0.15, 0.2) is 5.84 Å². The summed E-state index contributed by atoms with van der Waals surface area (Å²) in [6.07, 6.45) is 6.66. The smallest absolute Gasteiger partial charge is 0.158 e. The van der Waals surface area contributed by atoms with Gasteiger partial charge in [-0.25, -0.2) is 9.98 Å². The molecular formula is C22H29N5O. The van der Waals surface area contributed by atoms with E-state index in [1.54, 1.807) is 7.11 Å². The van der Waals surface area contributed by atoms with Gasteiger partial charge in [0, 0.05) is 30.5 Å². The van der Waals surface area contributed by atoms with Crippen LogP contribution in [0.15, 0.2) is 46.0 Å². The standard InChI is InChI=1S/C22H29N5O/c1-16(13-24-22(23-2)17-9-11-18(28-4)12-10-17)14-27(3)15-21-19-7-5-6-8-20(19)25-26-21/h9-13H,2,5-8,14-15H2,1,3-4H3,(H,25,26)/b16-13+,24-22?. The second kappa shape index (κ2) is 9.46. The van der Waals surface area contributed by atoms with Gasteiger partial charge in [-0.15, -0.1) is 0 Å². The highest BCUT2D eigenvalue weighted by atomic mass is 16.5. The monoisotopic (exact) mass is 379 g/mol. The Kier molecular flexibility index (Phi) is 6.76. The Labute approximate surface area is 167 Å². The molecule has 0 saturated carbocycles. The topological polar surface area (TPSA) is 65.9 Å². The van der Waals surface area contributed by atoms with Crippen LogP contribution in [-0.4, -0.2) is 48.4 Å². The van der Waals surface area contributed by atoms with Gasteiger partial charge in [-0.2, -0.15) is 5.10 Å². The molecule has 1 aliphatic carbocycles. The van der Waals surface area contributed by atoms with Crippen LogP contribution in [0.4, 0.5) is 0 Å². The second-order valence-corrected chi connectivity index (χ2v) is 7.32. The highest BCUT2D eigenvalue weighted by Gasteiger charge is 2.17. The van der Waals surface area contributed by atoms with Crippen molar-refractivity contribution in [1.29, 1.82) is 0 Å². The van der Waals surface area contributed by atoms with Crippen LogP contribution in [0.5, 0.6) is 5.75 Å². The summed E-state index contributed by atoms with van der Waals surface area (Å²) in [5.41, 5.74) is 6.00. The summed E-state index contributed by atoms with van der Waals surface area (Å²) < 4.78 is 5.19. The molecule has 0 spiro atoms. The number of nitrogens with one attached hydrogen (secondary N) is 1. The predicted octanol–water partition coefficient (Wildman–Crippen LogP) is 3.78.